The highest BCUT2D eigenvalue weighted by Gasteiger charge is 2.12. The predicted molar refractivity (Wildman–Crippen MR) is 86.3 cm³/mol. The molecule has 0 aliphatic carbocycles. The van der Waals surface area contributed by atoms with Gasteiger partial charge in [-0.3, -0.25) is 13.9 Å². The molecule has 0 radical (unpaired) electrons. The van der Waals surface area contributed by atoms with Gasteiger partial charge in [0.1, 0.15) is 0 Å². The predicted octanol–water partition coefficient (Wildman–Crippen LogP) is 2.43. The van der Waals surface area contributed by atoms with Crippen molar-refractivity contribution in [3.63, 3.8) is 0 Å². The molecule has 21 heavy (non-hydrogen) atoms. The van der Waals surface area contributed by atoms with E-state index in [2.05, 4.69) is 0 Å². The number of hydrogen-bond acceptors (Lipinski definition) is 3. The normalized spacial score (nSPS) is 11.2. The summed E-state index contributed by atoms with van der Waals surface area (Å²) in [6.45, 7) is 4.28. The maximum atomic E-state index is 12.6. The van der Waals surface area contributed by atoms with Crippen molar-refractivity contribution in [1.82, 2.24) is 9.13 Å². The third kappa shape index (κ3) is 2.34. The van der Waals surface area contributed by atoms with Gasteiger partial charge in [0.25, 0.3) is 5.56 Å². The molecule has 0 saturated carbocycles. The quantitative estimate of drug-likeness (QED) is 0.729. The van der Waals surface area contributed by atoms with E-state index in [0.717, 1.165) is 10.4 Å². The van der Waals surface area contributed by atoms with Crippen molar-refractivity contribution in [3.05, 3.63) is 66.5 Å². The molecule has 1 aromatic carbocycles. The summed E-state index contributed by atoms with van der Waals surface area (Å²) >= 11 is 1.61. The number of aryl methyl sites for hydroxylation is 3. The van der Waals surface area contributed by atoms with Gasteiger partial charge in [-0.1, -0.05) is 11.6 Å². The topological polar surface area (TPSA) is 44.0 Å². The smallest absolute Gasteiger partial charge is 0.296 e. The molecule has 4 nitrogen and oxygen atoms in total. The zero-order chi connectivity index (χ0) is 15.1. The van der Waals surface area contributed by atoms with Gasteiger partial charge in [0.15, 0.2) is 0 Å². The number of benzene rings is 1. The second kappa shape index (κ2) is 5.00. The molecule has 3 aromatic rings. The molecule has 0 amide bonds. The van der Waals surface area contributed by atoms with Crippen LogP contribution in [0.1, 0.15) is 15.3 Å². The van der Waals surface area contributed by atoms with E-state index in [-0.39, 0.29) is 11.2 Å². The van der Waals surface area contributed by atoms with Crippen LogP contribution in [0.4, 0.5) is 0 Å². The Morgan fingerprint density at radius 1 is 1.10 bits per heavy atom. The molecule has 2 heterocycles. The standard InChI is InChI=1S/C16H16N2O2S/c1-10-4-7-14-13(8-10)15(19)18(16(20)17(14)3)9-12-6-5-11(2)21-12/h4-8H,9H2,1-3H3. The van der Waals surface area contributed by atoms with Gasteiger partial charge >= 0.3 is 5.69 Å². The van der Waals surface area contributed by atoms with Crippen molar-refractivity contribution in [1.29, 1.82) is 0 Å². The molecule has 0 aliphatic heterocycles. The fourth-order valence-corrected chi connectivity index (χ4v) is 3.37. The maximum Gasteiger partial charge on any atom is 0.331 e. The third-order valence-corrected chi connectivity index (χ3v) is 4.60. The van der Waals surface area contributed by atoms with Crippen LogP contribution in [0.5, 0.6) is 0 Å². The molecule has 0 N–H and O–H groups in total. The Morgan fingerprint density at radius 2 is 1.86 bits per heavy atom. The summed E-state index contributed by atoms with van der Waals surface area (Å²) in [6, 6.07) is 9.54. The first-order chi connectivity index (χ1) is 9.97. The fraction of sp³-hybridized carbons (Fsp3) is 0.250. The Morgan fingerprint density at radius 3 is 2.52 bits per heavy atom. The van der Waals surface area contributed by atoms with E-state index in [9.17, 15) is 9.59 Å². The molecule has 3 rings (SSSR count). The van der Waals surface area contributed by atoms with Crippen LogP contribution in [0.25, 0.3) is 10.9 Å². The molecule has 5 heteroatoms. The van der Waals surface area contributed by atoms with Gasteiger partial charge in [0.05, 0.1) is 17.4 Å². The van der Waals surface area contributed by atoms with Crippen molar-refractivity contribution >= 4 is 22.2 Å². The SMILES string of the molecule is Cc1ccc2c(c1)c(=O)n(Cc1ccc(C)s1)c(=O)n2C. The molecule has 0 fully saturated rings. The molecular weight excluding hydrogens is 284 g/mol. The number of thiophene rings is 1. The van der Waals surface area contributed by atoms with E-state index in [4.69, 9.17) is 0 Å². The number of nitrogens with zero attached hydrogens (tertiary/aromatic N) is 2. The minimum Gasteiger partial charge on any atom is -0.296 e. The molecule has 0 aliphatic rings. The monoisotopic (exact) mass is 300 g/mol. The molecular formula is C16H16N2O2S. The summed E-state index contributed by atoms with van der Waals surface area (Å²) in [5, 5.41) is 0.588. The highest BCUT2D eigenvalue weighted by molar-refractivity contribution is 7.11. The number of hydrogen-bond donors (Lipinski definition) is 0. The number of aromatic nitrogens is 2. The third-order valence-electron chi connectivity index (χ3n) is 3.62. The number of rotatable bonds is 2. The lowest BCUT2D eigenvalue weighted by Crippen LogP contribution is -2.39. The van der Waals surface area contributed by atoms with Gasteiger partial charge in [-0.05, 0) is 38.1 Å². The fourth-order valence-electron chi connectivity index (χ4n) is 2.50. The van der Waals surface area contributed by atoms with Gasteiger partial charge in [0, 0.05) is 16.8 Å². The Balaban J connectivity index is 2.27. The second-order valence-electron chi connectivity index (χ2n) is 5.27. The van der Waals surface area contributed by atoms with Crippen LogP contribution in [0.3, 0.4) is 0 Å². The van der Waals surface area contributed by atoms with Crippen LogP contribution in [-0.2, 0) is 13.6 Å². The summed E-state index contributed by atoms with van der Waals surface area (Å²) in [5.74, 6) is 0. The highest BCUT2D eigenvalue weighted by atomic mass is 32.1. The largest absolute Gasteiger partial charge is 0.331 e. The van der Waals surface area contributed by atoms with E-state index in [1.54, 1.807) is 18.4 Å². The van der Waals surface area contributed by atoms with Gasteiger partial charge in [-0.15, -0.1) is 11.3 Å². The first-order valence-electron chi connectivity index (χ1n) is 6.73. The van der Waals surface area contributed by atoms with Gasteiger partial charge in [0.2, 0.25) is 0 Å². The first kappa shape index (κ1) is 13.8. The summed E-state index contributed by atoms with van der Waals surface area (Å²) in [6.07, 6.45) is 0. The summed E-state index contributed by atoms with van der Waals surface area (Å²) in [4.78, 5) is 27.2. The van der Waals surface area contributed by atoms with E-state index in [0.29, 0.717) is 17.4 Å². The Hall–Kier alpha value is -2.14. The van der Waals surface area contributed by atoms with E-state index < -0.39 is 0 Å². The lowest BCUT2D eigenvalue weighted by molar-refractivity contribution is 0.666. The van der Waals surface area contributed by atoms with Crippen LogP contribution in [0, 0.1) is 13.8 Å². The minimum atomic E-state index is -0.276. The average Bonchev–Trinajstić information content (AvgIpc) is 2.86. The summed E-state index contributed by atoms with van der Waals surface area (Å²) in [5.41, 5.74) is 1.19. The van der Waals surface area contributed by atoms with Crippen molar-refractivity contribution in [2.24, 2.45) is 7.05 Å². The van der Waals surface area contributed by atoms with Crippen molar-refractivity contribution < 1.29 is 0 Å². The second-order valence-corrected chi connectivity index (χ2v) is 6.64. The number of fused-ring (bicyclic) bond motifs is 1. The summed E-state index contributed by atoms with van der Waals surface area (Å²) < 4.78 is 2.85. The van der Waals surface area contributed by atoms with Crippen LogP contribution >= 0.6 is 11.3 Å². The lowest BCUT2D eigenvalue weighted by Gasteiger charge is -2.10. The van der Waals surface area contributed by atoms with Crippen LogP contribution in [-0.4, -0.2) is 9.13 Å². The Bertz CT molecular complexity index is 947. The Labute approximate surface area is 125 Å². The molecule has 0 atom stereocenters. The maximum absolute atomic E-state index is 12.6. The molecule has 0 saturated heterocycles. The van der Waals surface area contributed by atoms with Crippen LogP contribution in [0.2, 0.25) is 0 Å². The minimum absolute atomic E-state index is 0.220. The first-order valence-corrected chi connectivity index (χ1v) is 7.54. The van der Waals surface area contributed by atoms with Gasteiger partial charge in [-0.2, -0.15) is 0 Å². The van der Waals surface area contributed by atoms with Crippen LogP contribution in [0.15, 0.2) is 39.9 Å². The highest BCUT2D eigenvalue weighted by Crippen LogP contribution is 2.16. The molecule has 108 valence electrons. The van der Waals surface area contributed by atoms with E-state index >= 15 is 0 Å². The van der Waals surface area contributed by atoms with E-state index in [1.807, 2.05) is 44.2 Å². The van der Waals surface area contributed by atoms with Crippen molar-refractivity contribution in [3.8, 4) is 0 Å². The van der Waals surface area contributed by atoms with Gasteiger partial charge in [-0.25, -0.2) is 4.79 Å². The molecule has 2 aromatic heterocycles. The summed E-state index contributed by atoms with van der Waals surface area (Å²) in [7, 11) is 1.70. The average molecular weight is 300 g/mol. The van der Waals surface area contributed by atoms with Gasteiger partial charge < -0.3 is 0 Å². The van der Waals surface area contributed by atoms with Crippen LogP contribution < -0.4 is 11.2 Å². The zero-order valence-electron chi connectivity index (χ0n) is 12.2. The van der Waals surface area contributed by atoms with Crippen molar-refractivity contribution in [2.45, 2.75) is 20.4 Å². The molecule has 0 bridgehead atoms. The van der Waals surface area contributed by atoms with E-state index in [1.165, 1.54) is 14.0 Å². The van der Waals surface area contributed by atoms with Crippen molar-refractivity contribution in [2.75, 3.05) is 0 Å². The lowest BCUT2D eigenvalue weighted by atomic mass is 10.1. The zero-order valence-corrected chi connectivity index (χ0v) is 13.0. The molecule has 0 unspecified atom stereocenters. The Kier molecular flexibility index (Phi) is 3.29. The molecule has 0 spiro atoms.